The van der Waals surface area contributed by atoms with E-state index in [1.165, 1.54) is 11.8 Å². The van der Waals surface area contributed by atoms with Crippen molar-refractivity contribution < 1.29 is 19.1 Å². The number of amides is 2. The number of rotatable bonds is 9. The molecule has 1 saturated heterocycles. The van der Waals surface area contributed by atoms with Gasteiger partial charge in [-0.15, -0.1) is 0 Å². The minimum Gasteiger partial charge on any atom is -0.462 e. The number of nitrogens with one attached hydrogen (secondary N) is 1. The first-order chi connectivity index (χ1) is 16.4. The zero-order valence-corrected chi connectivity index (χ0v) is 20.7. The third kappa shape index (κ3) is 7.13. The monoisotopic (exact) mass is 494 g/mol. The Morgan fingerprint density at radius 3 is 2.50 bits per heavy atom. The zero-order chi connectivity index (χ0) is 24.5. The molecule has 1 N–H and O–H groups in total. The number of hydrogen-bond donors (Lipinski definition) is 1. The largest absolute Gasteiger partial charge is 0.462 e. The van der Waals surface area contributed by atoms with Crippen molar-refractivity contribution in [2.75, 3.05) is 18.5 Å². The number of ether oxygens (including phenoxy) is 1. The van der Waals surface area contributed by atoms with Gasteiger partial charge in [-0.1, -0.05) is 60.4 Å². The second kappa shape index (κ2) is 12.3. The molecule has 176 valence electrons. The number of thiocarbonyl (C=S) groups is 1. The van der Waals surface area contributed by atoms with Gasteiger partial charge in [-0.25, -0.2) is 4.79 Å². The number of thioether (sulfide) groups is 1. The molecular formula is C26H26N2O4S2. The summed E-state index contributed by atoms with van der Waals surface area (Å²) in [7, 11) is 0. The molecule has 8 heteroatoms. The van der Waals surface area contributed by atoms with Crippen LogP contribution in [-0.2, 0) is 14.3 Å². The van der Waals surface area contributed by atoms with Gasteiger partial charge in [0.1, 0.15) is 4.32 Å². The fraction of sp³-hybridized carbons (Fsp3) is 0.231. The predicted molar refractivity (Wildman–Crippen MR) is 140 cm³/mol. The quantitative estimate of drug-likeness (QED) is 0.285. The number of benzene rings is 2. The number of hydrogen-bond acceptors (Lipinski definition) is 6. The molecule has 0 atom stereocenters. The number of nitrogens with zero attached hydrogens (tertiary/aromatic N) is 1. The van der Waals surface area contributed by atoms with Crippen LogP contribution < -0.4 is 5.32 Å². The topological polar surface area (TPSA) is 75.7 Å². The van der Waals surface area contributed by atoms with E-state index < -0.39 is 5.97 Å². The fourth-order valence-corrected chi connectivity index (χ4v) is 4.64. The van der Waals surface area contributed by atoms with Crippen molar-refractivity contribution >= 4 is 57.8 Å². The van der Waals surface area contributed by atoms with Gasteiger partial charge in [-0.2, -0.15) is 0 Å². The molecule has 1 heterocycles. The van der Waals surface area contributed by atoms with E-state index in [9.17, 15) is 14.4 Å². The van der Waals surface area contributed by atoms with Crippen molar-refractivity contribution in [3.8, 4) is 0 Å². The molecule has 1 fully saturated rings. The molecule has 1 aliphatic heterocycles. The lowest BCUT2D eigenvalue weighted by Gasteiger charge is -2.14. The Bertz CT molecular complexity index is 1130. The molecule has 0 spiro atoms. The van der Waals surface area contributed by atoms with Crippen molar-refractivity contribution in [3.63, 3.8) is 0 Å². The summed E-state index contributed by atoms with van der Waals surface area (Å²) in [5.74, 6) is -0.707. The Labute approximate surface area is 209 Å². The van der Waals surface area contributed by atoms with Gasteiger partial charge < -0.3 is 10.1 Å². The van der Waals surface area contributed by atoms with Crippen molar-refractivity contribution in [2.45, 2.75) is 26.7 Å². The zero-order valence-electron chi connectivity index (χ0n) is 19.1. The van der Waals surface area contributed by atoms with Crippen LogP contribution in [0.2, 0.25) is 0 Å². The van der Waals surface area contributed by atoms with Crippen LogP contribution >= 0.6 is 24.0 Å². The van der Waals surface area contributed by atoms with Gasteiger partial charge >= 0.3 is 5.97 Å². The standard InChI is InChI=1S/C26H26N2O4S2/c1-3-32-25(31)20-11-13-21(14-12-20)27-23(29)10-7-15-28-24(30)22(34-26(28)33)17-18(2)16-19-8-5-4-6-9-19/h4-6,8-9,11-14,16-17H,3,7,10,15H2,1-2H3,(H,27,29). The first-order valence-corrected chi connectivity index (χ1v) is 12.2. The first-order valence-electron chi connectivity index (χ1n) is 10.9. The summed E-state index contributed by atoms with van der Waals surface area (Å²) in [5, 5.41) is 2.79. The molecule has 6 nitrogen and oxygen atoms in total. The average molecular weight is 495 g/mol. The summed E-state index contributed by atoms with van der Waals surface area (Å²) >= 11 is 6.66. The normalized spacial score (nSPS) is 15.1. The highest BCUT2D eigenvalue weighted by atomic mass is 32.2. The van der Waals surface area contributed by atoms with Crippen LogP contribution in [0.15, 0.2) is 71.2 Å². The van der Waals surface area contributed by atoms with E-state index in [-0.39, 0.29) is 18.2 Å². The molecule has 2 amide bonds. The highest BCUT2D eigenvalue weighted by molar-refractivity contribution is 8.26. The van der Waals surface area contributed by atoms with Crippen molar-refractivity contribution in [1.82, 2.24) is 4.90 Å². The summed E-state index contributed by atoms with van der Waals surface area (Å²) in [6, 6.07) is 16.4. The summed E-state index contributed by atoms with van der Waals surface area (Å²) in [6.45, 7) is 4.37. The lowest BCUT2D eigenvalue weighted by atomic mass is 10.1. The van der Waals surface area contributed by atoms with Gasteiger partial charge in [-0.3, -0.25) is 14.5 Å². The maximum absolute atomic E-state index is 12.8. The molecule has 0 unspecified atom stereocenters. The Morgan fingerprint density at radius 2 is 1.82 bits per heavy atom. The molecule has 1 aliphatic rings. The van der Waals surface area contributed by atoms with Gasteiger partial charge in [0.15, 0.2) is 0 Å². The molecule has 0 saturated carbocycles. The highest BCUT2D eigenvalue weighted by Gasteiger charge is 2.31. The van der Waals surface area contributed by atoms with Crippen LogP contribution in [0.1, 0.15) is 42.6 Å². The van der Waals surface area contributed by atoms with E-state index in [0.717, 1.165) is 11.1 Å². The van der Waals surface area contributed by atoms with Crippen LogP contribution in [0.4, 0.5) is 5.69 Å². The maximum atomic E-state index is 12.8. The number of esters is 1. The maximum Gasteiger partial charge on any atom is 0.338 e. The average Bonchev–Trinajstić information content (AvgIpc) is 3.07. The van der Waals surface area contributed by atoms with E-state index in [1.807, 2.05) is 49.4 Å². The van der Waals surface area contributed by atoms with E-state index >= 15 is 0 Å². The van der Waals surface area contributed by atoms with E-state index in [0.29, 0.717) is 40.0 Å². The second-order valence-electron chi connectivity index (χ2n) is 7.58. The molecule has 2 aromatic rings. The van der Waals surface area contributed by atoms with Gasteiger partial charge in [0.25, 0.3) is 5.91 Å². The third-order valence-corrected chi connectivity index (χ3v) is 6.27. The molecular weight excluding hydrogens is 468 g/mol. The van der Waals surface area contributed by atoms with Crippen LogP contribution in [-0.4, -0.2) is 40.2 Å². The molecule has 0 bridgehead atoms. The van der Waals surface area contributed by atoms with Gasteiger partial charge in [0, 0.05) is 18.7 Å². The second-order valence-corrected chi connectivity index (χ2v) is 9.26. The van der Waals surface area contributed by atoms with E-state index in [1.54, 1.807) is 36.1 Å². The predicted octanol–water partition coefficient (Wildman–Crippen LogP) is 5.43. The lowest BCUT2D eigenvalue weighted by molar-refractivity contribution is -0.122. The molecule has 2 aromatic carbocycles. The van der Waals surface area contributed by atoms with Gasteiger partial charge in [0.2, 0.25) is 5.91 Å². The number of carbonyl (C=O) groups is 3. The summed E-state index contributed by atoms with van der Waals surface area (Å²) in [5.41, 5.74) is 3.04. The molecule has 0 aliphatic carbocycles. The van der Waals surface area contributed by atoms with Crippen molar-refractivity contribution in [3.05, 3.63) is 82.3 Å². The minimum absolute atomic E-state index is 0.134. The smallest absolute Gasteiger partial charge is 0.338 e. The summed E-state index contributed by atoms with van der Waals surface area (Å²) in [4.78, 5) is 38.9. The van der Waals surface area contributed by atoms with E-state index in [4.69, 9.17) is 17.0 Å². The van der Waals surface area contributed by atoms with Crippen LogP contribution in [0.3, 0.4) is 0 Å². The molecule has 0 aromatic heterocycles. The highest BCUT2D eigenvalue weighted by Crippen LogP contribution is 2.32. The van der Waals surface area contributed by atoms with E-state index in [2.05, 4.69) is 5.32 Å². The number of carbonyl (C=O) groups excluding carboxylic acids is 3. The fourth-order valence-electron chi connectivity index (χ4n) is 3.28. The Morgan fingerprint density at radius 1 is 1.12 bits per heavy atom. The van der Waals surface area contributed by atoms with Crippen LogP contribution in [0.25, 0.3) is 6.08 Å². The number of allylic oxidation sites excluding steroid dienone is 2. The summed E-state index contributed by atoms with van der Waals surface area (Å²) in [6.07, 6.45) is 4.57. The Kier molecular flexibility index (Phi) is 9.18. The minimum atomic E-state index is -0.399. The third-order valence-electron chi connectivity index (χ3n) is 4.89. The number of anilines is 1. The Balaban J connectivity index is 1.49. The first kappa shape index (κ1) is 25.4. The van der Waals surface area contributed by atoms with Crippen molar-refractivity contribution in [1.29, 1.82) is 0 Å². The SMILES string of the molecule is CCOC(=O)c1ccc(NC(=O)CCCN2C(=O)C(=CC(C)=Cc3ccccc3)SC2=S)cc1. The summed E-state index contributed by atoms with van der Waals surface area (Å²) < 4.78 is 5.44. The van der Waals surface area contributed by atoms with Crippen LogP contribution in [0, 0.1) is 0 Å². The van der Waals surface area contributed by atoms with Gasteiger partial charge in [0.05, 0.1) is 17.1 Å². The van der Waals surface area contributed by atoms with Crippen molar-refractivity contribution in [2.24, 2.45) is 0 Å². The van der Waals surface area contributed by atoms with Crippen LogP contribution in [0.5, 0.6) is 0 Å². The Hall–Kier alpha value is -3.23. The van der Waals surface area contributed by atoms with Gasteiger partial charge in [-0.05, 0) is 61.7 Å². The molecule has 34 heavy (non-hydrogen) atoms. The molecule has 3 rings (SSSR count). The molecule has 0 radical (unpaired) electrons. The lowest BCUT2D eigenvalue weighted by Crippen LogP contribution is -2.29.